The lowest BCUT2D eigenvalue weighted by molar-refractivity contribution is 0.408. The molecule has 0 N–H and O–H groups in total. The van der Waals surface area contributed by atoms with Gasteiger partial charge in [0, 0.05) is 24.8 Å². The minimum absolute atomic E-state index is 0.0557. The third-order valence-electron chi connectivity index (χ3n) is 5.45. The van der Waals surface area contributed by atoms with Crippen molar-refractivity contribution in [2.45, 2.75) is 12.5 Å². The minimum atomic E-state index is -0.768. The number of rotatable bonds is 6. The summed E-state index contributed by atoms with van der Waals surface area (Å²) in [5.74, 6) is -0.0931. The van der Waals surface area contributed by atoms with E-state index in [9.17, 15) is 8.78 Å². The summed E-state index contributed by atoms with van der Waals surface area (Å²) in [5, 5.41) is 2.05. The topological polar surface area (TPSA) is 66.5 Å². The van der Waals surface area contributed by atoms with E-state index in [1.165, 1.54) is 12.4 Å². The Hall–Kier alpha value is -3.56. The molecule has 0 aliphatic carbocycles. The monoisotopic (exact) mass is 436 g/mol. The highest BCUT2D eigenvalue weighted by molar-refractivity contribution is 5.81. The van der Waals surface area contributed by atoms with Gasteiger partial charge in [-0.3, -0.25) is 0 Å². The van der Waals surface area contributed by atoms with Crippen LogP contribution in [0.2, 0.25) is 0 Å². The van der Waals surface area contributed by atoms with Crippen molar-refractivity contribution in [1.29, 1.82) is 0 Å². The molecular formula is C23H20F2N5O2-. The first-order chi connectivity index (χ1) is 15.6. The van der Waals surface area contributed by atoms with Gasteiger partial charge in [-0.05, 0) is 55.4 Å². The summed E-state index contributed by atoms with van der Waals surface area (Å²) < 4.78 is 40.6. The lowest BCUT2D eigenvalue weighted by Gasteiger charge is -2.28. The second-order valence-electron chi connectivity index (χ2n) is 7.44. The summed E-state index contributed by atoms with van der Waals surface area (Å²) >= 11 is 0. The lowest BCUT2D eigenvalue weighted by Crippen LogP contribution is -2.16. The molecule has 1 fully saturated rings. The fourth-order valence-corrected chi connectivity index (χ4v) is 3.85. The van der Waals surface area contributed by atoms with Gasteiger partial charge < -0.3 is 24.5 Å². The normalized spacial score (nSPS) is 16.5. The summed E-state index contributed by atoms with van der Waals surface area (Å²) in [7, 11) is 1.80. The minimum Gasteiger partial charge on any atom is -0.597 e. The zero-order chi connectivity index (χ0) is 22.1. The van der Waals surface area contributed by atoms with Crippen molar-refractivity contribution >= 4 is 11.0 Å². The number of aromatic nitrogens is 3. The fraction of sp³-hybridized carbons (Fsp3) is 0.217. The number of nitrogens with zero attached hydrogens (tertiary/aromatic N) is 5. The van der Waals surface area contributed by atoms with Crippen LogP contribution in [-0.4, -0.2) is 39.7 Å². The molecular weight excluding hydrogens is 416 g/mol. The first kappa shape index (κ1) is 20.3. The largest absolute Gasteiger partial charge is 0.597 e. The van der Waals surface area contributed by atoms with Crippen molar-refractivity contribution in [3.05, 3.63) is 78.1 Å². The molecule has 164 valence electrons. The zero-order valence-corrected chi connectivity index (χ0v) is 17.3. The van der Waals surface area contributed by atoms with E-state index in [2.05, 4.69) is 20.0 Å². The van der Waals surface area contributed by atoms with E-state index in [1.807, 2.05) is 17.3 Å². The SMILES string of the molecule is C[N-]N1CC[C@@H](n2ccc3ncnc(Oc4ccc(Oc5ccc(F)cc5F)cc4)c32)C1. The summed E-state index contributed by atoms with van der Waals surface area (Å²) in [4.78, 5) is 8.71. The van der Waals surface area contributed by atoms with Crippen LogP contribution in [0, 0.1) is 11.6 Å². The Morgan fingerprint density at radius 2 is 1.78 bits per heavy atom. The summed E-state index contributed by atoms with van der Waals surface area (Å²) in [5.41, 5.74) is 5.89. The molecule has 0 bridgehead atoms. The van der Waals surface area contributed by atoms with Crippen LogP contribution in [0.25, 0.3) is 16.5 Å². The Bertz CT molecular complexity index is 1250. The van der Waals surface area contributed by atoms with Gasteiger partial charge in [-0.2, -0.15) is 12.0 Å². The van der Waals surface area contributed by atoms with Crippen LogP contribution in [-0.2, 0) is 0 Å². The number of halogens is 2. The molecule has 4 aromatic rings. The highest BCUT2D eigenvalue weighted by Gasteiger charge is 2.22. The second-order valence-corrected chi connectivity index (χ2v) is 7.44. The van der Waals surface area contributed by atoms with E-state index in [4.69, 9.17) is 9.47 Å². The average molecular weight is 436 g/mol. The van der Waals surface area contributed by atoms with Gasteiger partial charge in [-0.15, -0.1) is 0 Å². The van der Waals surface area contributed by atoms with Crippen molar-refractivity contribution in [3.63, 3.8) is 0 Å². The van der Waals surface area contributed by atoms with Crippen molar-refractivity contribution in [2.24, 2.45) is 0 Å². The van der Waals surface area contributed by atoms with E-state index < -0.39 is 11.6 Å². The van der Waals surface area contributed by atoms with Crippen LogP contribution >= 0.6 is 0 Å². The van der Waals surface area contributed by atoms with Gasteiger partial charge in [0.1, 0.15) is 29.2 Å². The van der Waals surface area contributed by atoms with E-state index in [0.29, 0.717) is 17.4 Å². The highest BCUT2D eigenvalue weighted by Crippen LogP contribution is 2.34. The van der Waals surface area contributed by atoms with E-state index >= 15 is 0 Å². The highest BCUT2D eigenvalue weighted by atomic mass is 19.1. The first-order valence-corrected chi connectivity index (χ1v) is 10.2. The molecule has 0 amide bonds. The van der Waals surface area contributed by atoms with Crippen LogP contribution in [0.3, 0.4) is 0 Å². The maximum atomic E-state index is 13.8. The van der Waals surface area contributed by atoms with Crippen molar-refractivity contribution < 1.29 is 18.3 Å². The molecule has 0 saturated carbocycles. The van der Waals surface area contributed by atoms with E-state index in [0.717, 1.165) is 42.7 Å². The van der Waals surface area contributed by atoms with Crippen LogP contribution in [0.1, 0.15) is 12.5 Å². The summed E-state index contributed by atoms with van der Waals surface area (Å²) in [6.45, 7) is 1.72. The average Bonchev–Trinajstić information content (AvgIpc) is 3.44. The number of hydrogen-bond donors (Lipinski definition) is 0. The third kappa shape index (κ3) is 4.00. The van der Waals surface area contributed by atoms with Crippen LogP contribution < -0.4 is 9.47 Å². The van der Waals surface area contributed by atoms with Gasteiger partial charge >= 0.3 is 0 Å². The predicted octanol–water partition coefficient (Wildman–Crippen LogP) is 5.46. The van der Waals surface area contributed by atoms with Gasteiger partial charge in [0.2, 0.25) is 5.88 Å². The molecule has 0 spiro atoms. The van der Waals surface area contributed by atoms with Crippen LogP contribution in [0.5, 0.6) is 23.1 Å². The molecule has 1 saturated heterocycles. The Morgan fingerprint density at radius 3 is 2.50 bits per heavy atom. The predicted molar refractivity (Wildman–Crippen MR) is 115 cm³/mol. The number of fused-ring (bicyclic) bond motifs is 1. The Kier molecular flexibility index (Phi) is 5.42. The van der Waals surface area contributed by atoms with Gasteiger partial charge in [0.25, 0.3) is 0 Å². The Balaban J connectivity index is 1.37. The molecule has 0 unspecified atom stereocenters. The Morgan fingerprint density at radius 1 is 1.00 bits per heavy atom. The van der Waals surface area contributed by atoms with E-state index in [-0.39, 0.29) is 11.8 Å². The van der Waals surface area contributed by atoms with Gasteiger partial charge in [-0.1, -0.05) is 0 Å². The molecule has 1 atom stereocenters. The summed E-state index contributed by atoms with van der Waals surface area (Å²) in [6, 6.07) is 12.1. The van der Waals surface area contributed by atoms with Crippen LogP contribution in [0.15, 0.2) is 61.1 Å². The smallest absolute Gasteiger partial charge is 0.247 e. The second kappa shape index (κ2) is 8.52. The zero-order valence-electron chi connectivity index (χ0n) is 17.3. The Labute approximate surface area is 183 Å². The molecule has 9 heteroatoms. The first-order valence-electron chi connectivity index (χ1n) is 10.2. The third-order valence-corrected chi connectivity index (χ3v) is 5.45. The molecule has 32 heavy (non-hydrogen) atoms. The van der Waals surface area contributed by atoms with Crippen LogP contribution in [0.4, 0.5) is 8.78 Å². The number of hydrogen-bond acceptors (Lipinski definition) is 5. The molecule has 1 aliphatic heterocycles. The molecule has 2 aromatic carbocycles. The molecule has 3 heterocycles. The molecule has 1 aliphatic rings. The number of ether oxygens (including phenoxy) is 2. The molecule has 7 nitrogen and oxygen atoms in total. The maximum absolute atomic E-state index is 13.8. The maximum Gasteiger partial charge on any atom is 0.247 e. The molecule has 2 aromatic heterocycles. The molecule has 0 radical (unpaired) electrons. The standard InChI is InChI=1S/C23H20F2N5O2/c1-26-29-10-8-16(13-29)30-11-9-20-22(30)23(28-14-27-20)32-18-5-3-17(4-6-18)31-21-7-2-15(24)12-19(21)25/h2-7,9,11-12,14,16H,8,10,13H2,1H3/q-1/t16-/m1/s1. The van der Waals surface area contributed by atoms with Gasteiger partial charge in [0.05, 0.1) is 5.52 Å². The fourth-order valence-electron chi connectivity index (χ4n) is 3.85. The van der Waals surface area contributed by atoms with Crippen molar-refractivity contribution in [2.75, 3.05) is 20.1 Å². The van der Waals surface area contributed by atoms with Crippen molar-refractivity contribution in [3.8, 4) is 23.1 Å². The number of benzene rings is 2. The quantitative estimate of drug-likeness (QED) is 0.402. The van der Waals surface area contributed by atoms with Crippen molar-refractivity contribution in [1.82, 2.24) is 19.5 Å². The molecule has 5 rings (SSSR count). The van der Waals surface area contributed by atoms with Gasteiger partial charge in [0.15, 0.2) is 11.6 Å². The van der Waals surface area contributed by atoms with E-state index in [1.54, 1.807) is 31.3 Å². The lowest BCUT2D eigenvalue weighted by atomic mass is 10.2. The summed E-state index contributed by atoms with van der Waals surface area (Å²) in [6.07, 6.45) is 4.45. The van der Waals surface area contributed by atoms with Gasteiger partial charge in [-0.25, -0.2) is 13.8 Å².